The first kappa shape index (κ1) is 21.1. The number of benzene rings is 3. The summed E-state index contributed by atoms with van der Waals surface area (Å²) in [4.78, 5) is 25.1. The van der Waals surface area contributed by atoms with Crippen molar-refractivity contribution in [3.63, 3.8) is 0 Å². The van der Waals surface area contributed by atoms with E-state index in [1.165, 1.54) is 0 Å². The lowest BCUT2D eigenvalue weighted by Crippen LogP contribution is -2.30. The summed E-state index contributed by atoms with van der Waals surface area (Å²) in [6.45, 7) is 2.13. The minimum Gasteiger partial charge on any atom is -0.497 e. The van der Waals surface area contributed by atoms with Crippen molar-refractivity contribution in [2.45, 2.75) is 13.0 Å². The minimum absolute atomic E-state index is 0.0329. The molecule has 3 aromatic carbocycles. The molecule has 154 valence electrons. The molecule has 0 aliphatic carbocycles. The van der Waals surface area contributed by atoms with Gasteiger partial charge in [-0.2, -0.15) is 0 Å². The van der Waals surface area contributed by atoms with Crippen molar-refractivity contribution < 1.29 is 14.3 Å². The molecule has 0 heterocycles. The van der Waals surface area contributed by atoms with E-state index in [0.717, 1.165) is 5.56 Å². The van der Waals surface area contributed by atoms with E-state index in [-0.39, 0.29) is 24.4 Å². The molecule has 30 heavy (non-hydrogen) atoms. The molecule has 0 saturated carbocycles. The Bertz CT molecular complexity index is 988. The molecule has 0 saturated heterocycles. The number of hydrogen-bond acceptors (Lipinski definition) is 4. The van der Waals surface area contributed by atoms with Gasteiger partial charge in [-0.1, -0.05) is 42.5 Å². The first-order chi connectivity index (χ1) is 14.6. The molecule has 0 aliphatic rings. The third kappa shape index (κ3) is 5.68. The number of rotatable bonds is 8. The van der Waals surface area contributed by atoms with Crippen LogP contribution in [0.25, 0.3) is 0 Å². The van der Waals surface area contributed by atoms with E-state index in [1.54, 1.807) is 55.6 Å². The van der Waals surface area contributed by atoms with Gasteiger partial charge in [-0.15, -0.1) is 0 Å². The normalized spacial score (nSPS) is 11.4. The van der Waals surface area contributed by atoms with Gasteiger partial charge in [-0.05, 0) is 48.9 Å². The maximum absolute atomic E-state index is 12.7. The largest absolute Gasteiger partial charge is 0.497 e. The lowest BCUT2D eigenvalue weighted by atomic mass is 10.1. The maximum atomic E-state index is 12.7. The molecule has 1 atom stereocenters. The fourth-order valence-corrected chi connectivity index (χ4v) is 2.96. The number of nitrogens with one attached hydrogen (secondary N) is 3. The van der Waals surface area contributed by atoms with E-state index >= 15 is 0 Å². The molecule has 6 nitrogen and oxygen atoms in total. The van der Waals surface area contributed by atoms with Gasteiger partial charge in [0.2, 0.25) is 5.91 Å². The minimum atomic E-state index is -0.304. The monoisotopic (exact) mass is 403 g/mol. The molecule has 0 aliphatic heterocycles. The second kappa shape index (κ2) is 10.2. The van der Waals surface area contributed by atoms with Crippen molar-refractivity contribution in [1.29, 1.82) is 0 Å². The fraction of sp³-hybridized carbons (Fsp3) is 0.167. The summed E-state index contributed by atoms with van der Waals surface area (Å²) in [7, 11) is 1.59. The highest BCUT2D eigenvalue weighted by molar-refractivity contribution is 6.10. The Kier molecular flexibility index (Phi) is 7.19. The molecule has 3 rings (SSSR count). The van der Waals surface area contributed by atoms with Gasteiger partial charge in [0.15, 0.2) is 0 Å². The zero-order chi connectivity index (χ0) is 21.3. The fourth-order valence-electron chi connectivity index (χ4n) is 2.96. The van der Waals surface area contributed by atoms with Crippen molar-refractivity contribution in [3.05, 3.63) is 90.0 Å². The van der Waals surface area contributed by atoms with Crippen LogP contribution in [0, 0.1) is 0 Å². The molecule has 2 amide bonds. The molecule has 0 spiro atoms. The second-order valence-corrected chi connectivity index (χ2v) is 6.79. The maximum Gasteiger partial charge on any atom is 0.257 e. The number of methoxy groups -OCH3 is 1. The van der Waals surface area contributed by atoms with Gasteiger partial charge in [-0.25, -0.2) is 0 Å². The molecular formula is C24H25N3O3. The van der Waals surface area contributed by atoms with Gasteiger partial charge >= 0.3 is 0 Å². The molecule has 3 aromatic rings. The lowest BCUT2D eigenvalue weighted by molar-refractivity contribution is -0.115. The quantitative estimate of drug-likeness (QED) is 0.526. The summed E-state index contributed by atoms with van der Waals surface area (Å²) < 4.78 is 5.12. The number of anilines is 2. The van der Waals surface area contributed by atoms with Gasteiger partial charge in [0.25, 0.3) is 5.91 Å². The summed E-state index contributed by atoms with van der Waals surface area (Å²) in [6.07, 6.45) is 0. The molecule has 0 radical (unpaired) electrons. The van der Waals surface area contributed by atoms with E-state index in [1.807, 2.05) is 37.3 Å². The van der Waals surface area contributed by atoms with Gasteiger partial charge in [-0.3, -0.25) is 9.59 Å². The van der Waals surface area contributed by atoms with E-state index < -0.39 is 0 Å². The Hall–Kier alpha value is -3.64. The van der Waals surface area contributed by atoms with Gasteiger partial charge in [0.1, 0.15) is 5.75 Å². The average molecular weight is 403 g/mol. The first-order valence-corrected chi connectivity index (χ1v) is 9.69. The summed E-state index contributed by atoms with van der Waals surface area (Å²) in [5.74, 6) is 0.182. The number of hydrogen-bond donors (Lipinski definition) is 3. The summed E-state index contributed by atoms with van der Waals surface area (Å²) >= 11 is 0. The van der Waals surface area contributed by atoms with Crippen molar-refractivity contribution in [2.24, 2.45) is 0 Å². The number of amides is 2. The van der Waals surface area contributed by atoms with Crippen LogP contribution in [0.1, 0.15) is 28.9 Å². The zero-order valence-electron chi connectivity index (χ0n) is 17.0. The van der Waals surface area contributed by atoms with Crippen LogP contribution in [0.5, 0.6) is 5.75 Å². The van der Waals surface area contributed by atoms with Crippen LogP contribution in [-0.2, 0) is 4.79 Å². The molecular weight excluding hydrogens is 378 g/mol. The van der Waals surface area contributed by atoms with E-state index in [4.69, 9.17) is 4.74 Å². The molecule has 0 aromatic heterocycles. The smallest absolute Gasteiger partial charge is 0.257 e. The highest BCUT2D eigenvalue weighted by Gasteiger charge is 2.14. The number of carbonyl (C=O) groups excluding carboxylic acids is 2. The van der Waals surface area contributed by atoms with E-state index in [2.05, 4.69) is 16.0 Å². The predicted octanol–water partition coefficient (Wildman–Crippen LogP) is 4.24. The van der Waals surface area contributed by atoms with Crippen LogP contribution in [0.3, 0.4) is 0 Å². The average Bonchev–Trinajstić information content (AvgIpc) is 2.79. The summed E-state index contributed by atoms with van der Waals surface area (Å²) in [6, 6.07) is 23.9. The van der Waals surface area contributed by atoms with Crippen LogP contribution in [0.2, 0.25) is 0 Å². The molecule has 0 fully saturated rings. The van der Waals surface area contributed by atoms with Crippen LogP contribution >= 0.6 is 0 Å². The Morgan fingerprint density at radius 3 is 2.23 bits per heavy atom. The lowest BCUT2D eigenvalue weighted by Gasteiger charge is -2.15. The van der Waals surface area contributed by atoms with E-state index in [0.29, 0.717) is 22.7 Å². The molecule has 0 bridgehead atoms. The Morgan fingerprint density at radius 1 is 0.867 bits per heavy atom. The van der Waals surface area contributed by atoms with Crippen molar-refractivity contribution in [1.82, 2.24) is 5.32 Å². The number of para-hydroxylation sites is 1. The Morgan fingerprint density at radius 2 is 1.53 bits per heavy atom. The van der Waals surface area contributed by atoms with E-state index in [9.17, 15) is 9.59 Å². The molecule has 0 unspecified atom stereocenters. The van der Waals surface area contributed by atoms with Crippen molar-refractivity contribution in [3.8, 4) is 5.75 Å². The van der Waals surface area contributed by atoms with Crippen LogP contribution in [0.15, 0.2) is 78.9 Å². The third-order valence-electron chi connectivity index (χ3n) is 4.66. The van der Waals surface area contributed by atoms with Crippen LogP contribution in [-0.4, -0.2) is 25.5 Å². The van der Waals surface area contributed by atoms with Crippen molar-refractivity contribution in [2.75, 3.05) is 24.3 Å². The number of ether oxygens (including phenoxy) is 1. The molecule has 3 N–H and O–H groups in total. The standard InChI is InChI=1S/C24H25N3O3/c1-17(18-8-4-3-5-9-18)25-16-23(28)27-22-11-7-6-10-21(22)24(29)26-19-12-14-20(30-2)15-13-19/h3-15,17,25H,16H2,1-2H3,(H,26,29)(H,27,28)/t17-/m1/s1. The first-order valence-electron chi connectivity index (χ1n) is 9.69. The van der Waals surface area contributed by atoms with Crippen molar-refractivity contribution >= 4 is 23.2 Å². The Balaban J connectivity index is 1.61. The second-order valence-electron chi connectivity index (χ2n) is 6.79. The topological polar surface area (TPSA) is 79.5 Å². The SMILES string of the molecule is COc1ccc(NC(=O)c2ccccc2NC(=O)CN[C@H](C)c2ccccc2)cc1. The summed E-state index contributed by atoms with van der Waals surface area (Å²) in [5, 5.41) is 8.85. The van der Waals surface area contributed by atoms with Gasteiger partial charge < -0.3 is 20.7 Å². The van der Waals surface area contributed by atoms with Gasteiger partial charge in [0, 0.05) is 11.7 Å². The third-order valence-corrected chi connectivity index (χ3v) is 4.66. The highest BCUT2D eigenvalue weighted by Crippen LogP contribution is 2.19. The predicted molar refractivity (Wildman–Crippen MR) is 119 cm³/mol. The Labute approximate surface area is 176 Å². The number of carbonyl (C=O) groups is 2. The molecule has 6 heteroatoms. The van der Waals surface area contributed by atoms with Gasteiger partial charge in [0.05, 0.1) is 24.9 Å². The van der Waals surface area contributed by atoms with Crippen LogP contribution in [0.4, 0.5) is 11.4 Å². The zero-order valence-corrected chi connectivity index (χ0v) is 17.0. The summed E-state index contributed by atoms with van der Waals surface area (Å²) in [5.41, 5.74) is 2.59. The van der Waals surface area contributed by atoms with Crippen LogP contribution < -0.4 is 20.7 Å². The highest BCUT2D eigenvalue weighted by atomic mass is 16.5.